The number of nitrogens with two attached hydrogens (primary N) is 1. The number of ether oxygens (including phenoxy) is 1. The molecule has 0 fully saturated rings. The van der Waals surface area contributed by atoms with Crippen LogP contribution in [-0.4, -0.2) is 13.1 Å². The number of aliphatic imine (C=N–C) groups is 1. The van der Waals surface area contributed by atoms with Crippen LogP contribution in [-0.2, 0) is 6.54 Å². The molecule has 23 heavy (non-hydrogen) atoms. The van der Waals surface area contributed by atoms with Crippen LogP contribution in [0.3, 0.4) is 0 Å². The highest BCUT2D eigenvalue weighted by molar-refractivity contribution is 5.92. The molecule has 0 spiro atoms. The fourth-order valence-corrected chi connectivity index (χ4v) is 2.46. The summed E-state index contributed by atoms with van der Waals surface area (Å²) in [7, 11) is 1.64. The first-order chi connectivity index (χ1) is 11.3. The summed E-state index contributed by atoms with van der Waals surface area (Å²) in [4.78, 5) is 4.43. The number of methoxy groups -OCH3 is 1. The Bertz CT molecular complexity index is 820. The first-order valence-corrected chi connectivity index (χ1v) is 7.44. The van der Waals surface area contributed by atoms with Gasteiger partial charge in [0, 0.05) is 5.69 Å². The van der Waals surface area contributed by atoms with E-state index >= 15 is 0 Å². The monoisotopic (exact) mass is 305 g/mol. The lowest BCUT2D eigenvalue weighted by Crippen LogP contribution is -2.22. The Kier molecular flexibility index (Phi) is 4.43. The molecule has 0 bridgehead atoms. The lowest BCUT2D eigenvalue weighted by atomic mass is 10.1. The third-order valence-corrected chi connectivity index (χ3v) is 3.66. The maximum absolute atomic E-state index is 5.98. The molecule has 0 aromatic heterocycles. The minimum absolute atomic E-state index is 0.392. The third kappa shape index (κ3) is 3.61. The van der Waals surface area contributed by atoms with Crippen LogP contribution in [0.2, 0.25) is 0 Å². The van der Waals surface area contributed by atoms with Crippen LogP contribution in [0.1, 0.15) is 5.56 Å². The van der Waals surface area contributed by atoms with Crippen LogP contribution in [0.5, 0.6) is 5.75 Å². The SMILES string of the molecule is COc1ccc(NC(N)=NCc2cccc3ccccc23)cc1. The van der Waals surface area contributed by atoms with E-state index in [2.05, 4.69) is 34.6 Å². The smallest absolute Gasteiger partial charge is 0.193 e. The maximum Gasteiger partial charge on any atom is 0.193 e. The van der Waals surface area contributed by atoms with Gasteiger partial charge in [-0.3, -0.25) is 0 Å². The highest BCUT2D eigenvalue weighted by Gasteiger charge is 2.00. The first-order valence-electron chi connectivity index (χ1n) is 7.44. The van der Waals surface area contributed by atoms with Gasteiger partial charge in [-0.25, -0.2) is 4.99 Å². The number of benzene rings is 3. The molecule has 3 N–H and O–H groups in total. The molecular formula is C19H19N3O. The van der Waals surface area contributed by atoms with Crippen LogP contribution < -0.4 is 15.8 Å². The summed E-state index contributed by atoms with van der Waals surface area (Å²) in [6, 6.07) is 22.0. The van der Waals surface area contributed by atoms with E-state index in [0.717, 1.165) is 17.0 Å². The van der Waals surface area contributed by atoms with E-state index in [1.165, 1.54) is 10.8 Å². The van der Waals surface area contributed by atoms with Crippen molar-refractivity contribution >= 4 is 22.4 Å². The van der Waals surface area contributed by atoms with Gasteiger partial charge in [0.1, 0.15) is 5.75 Å². The maximum atomic E-state index is 5.98. The molecule has 3 aromatic rings. The standard InChI is InChI=1S/C19H19N3O/c1-23-17-11-9-16(10-12-17)22-19(20)21-13-15-7-4-6-14-5-2-3-8-18(14)15/h2-12H,13H2,1H3,(H3,20,21,22). The fraction of sp³-hybridized carbons (Fsp3) is 0.105. The number of anilines is 1. The molecule has 0 atom stereocenters. The van der Waals surface area contributed by atoms with E-state index in [-0.39, 0.29) is 0 Å². The van der Waals surface area contributed by atoms with Gasteiger partial charge < -0.3 is 15.8 Å². The number of fused-ring (bicyclic) bond motifs is 1. The van der Waals surface area contributed by atoms with E-state index in [0.29, 0.717) is 12.5 Å². The Morgan fingerprint density at radius 1 is 1.00 bits per heavy atom. The first kappa shape index (κ1) is 14.9. The van der Waals surface area contributed by atoms with Crippen LogP contribution in [0, 0.1) is 0 Å². The van der Waals surface area contributed by atoms with E-state index in [9.17, 15) is 0 Å². The Morgan fingerprint density at radius 2 is 1.74 bits per heavy atom. The van der Waals surface area contributed by atoms with Crippen molar-refractivity contribution in [2.45, 2.75) is 6.54 Å². The second kappa shape index (κ2) is 6.83. The van der Waals surface area contributed by atoms with E-state index in [1.54, 1.807) is 7.11 Å². The number of rotatable bonds is 4. The molecule has 0 saturated carbocycles. The molecule has 4 heteroatoms. The summed E-state index contributed by atoms with van der Waals surface area (Å²) < 4.78 is 5.13. The predicted octanol–water partition coefficient (Wildman–Crippen LogP) is 3.78. The van der Waals surface area contributed by atoms with Crippen molar-refractivity contribution in [1.29, 1.82) is 0 Å². The number of hydrogen-bond donors (Lipinski definition) is 2. The van der Waals surface area contributed by atoms with Gasteiger partial charge in [-0.15, -0.1) is 0 Å². The van der Waals surface area contributed by atoms with Crippen LogP contribution in [0.15, 0.2) is 71.7 Å². The van der Waals surface area contributed by atoms with Gasteiger partial charge in [-0.2, -0.15) is 0 Å². The summed E-state index contributed by atoms with van der Waals surface area (Å²) in [5.41, 5.74) is 8.01. The Hall–Kier alpha value is -3.01. The summed E-state index contributed by atoms with van der Waals surface area (Å²) in [5, 5.41) is 5.50. The molecule has 0 heterocycles. The topological polar surface area (TPSA) is 59.6 Å². The molecule has 4 nitrogen and oxygen atoms in total. The van der Waals surface area contributed by atoms with Gasteiger partial charge in [0.05, 0.1) is 13.7 Å². The molecule has 0 radical (unpaired) electrons. The highest BCUT2D eigenvalue weighted by atomic mass is 16.5. The van der Waals surface area contributed by atoms with Crippen LogP contribution in [0.4, 0.5) is 5.69 Å². The fourth-order valence-electron chi connectivity index (χ4n) is 2.46. The molecule has 0 aliphatic carbocycles. The zero-order valence-corrected chi connectivity index (χ0v) is 13.0. The average molecular weight is 305 g/mol. The minimum Gasteiger partial charge on any atom is -0.497 e. The Balaban J connectivity index is 1.73. The lowest BCUT2D eigenvalue weighted by Gasteiger charge is -2.08. The lowest BCUT2D eigenvalue weighted by molar-refractivity contribution is 0.415. The minimum atomic E-state index is 0.392. The van der Waals surface area contributed by atoms with Crippen molar-refractivity contribution in [1.82, 2.24) is 0 Å². The Labute approximate surface area is 135 Å². The molecule has 0 unspecified atom stereocenters. The molecule has 3 rings (SSSR count). The second-order valence-corrected chi connectivity index (χ2v) is 5.19. The molecule has 3 aromatic carbocycles. The summed E-state index contributed by atoms with van der Waals surface area (Å²) in [6.07, 6.45) is 0. The zero-order valence-electron chi connectivity index (χ0n) is 13.0. The molecule has 0 saturated heterocycles. The van der Waals surface area contributed by atoms with Crippen molar-refractivity contribution in [3.05, 3.63) is 72.3 Å². The predicted molar refractivity (Wildman–Crippen MR) is 95.9 cm³/mol. The van der Waals surface area contributed by atoms with Gasteiger partial charge in [0.25, 0.3) is 0 Å². The summed E-state index contributed by atoms with van der Waals surface area (Å²) >= 11 is 0. The normalized spacial score (nSPS) is 11.4. The quantitative estimate of drug-likeness (QED) is 0.570. The van der Waals surface area contributed by atoms with E-state index in [1.807, 2.05) is 42.5 Å². The summed E-state index contributed by atoms with van der Waals surface area (Å²) in [5.74, 6) is 1.20. The van der Waals surface area contributed by atoms with Crippen molar-refractivity contribution < 1.29 is 4.74 Å². The second-order valence-electron chi connectivity index (χ2n) is 5.19. The van der Waals surface area contributed by atoms with Gasteiger partial charge in [0.2, 0.25) is 0 Å². The van der Waals surface area contributed by atoms with Gasteiger partial charge in [-0.05, 0) is 40.6 Å². The van der Waals surface area contributed by atoms with Gasteiger partial charge >= 0.3 is 0 Å². The van der Waals surface area contributed by atoms with E-state index < -0.39 is 0 Å². The van der Waals surface area contributed by atoms with Crippen LogP contribution in [0.25, 0.3) is 10.8 Å². The molecule has 0 aliphatic heterocycles. The van der Waals surface area contributed by atoms with Crippen molar-refractivity contribution in [3.8, 4) is 5.75 Å². The van der Waals surface area contributed by atoms with Crippen molar-refractivity contribution in [3.63, 3.8) is 0 Å². The Morgan fingerprint density at radius 3 is 2.52 bits per heavy atom. The number of nitrogens with zero attached hydrogens (tertiary/aromatic N) is 1. The molecular weight excluding hydrogens is 286 g/mol. The third-order valence-electron chi connectivity index (χ3n) is 3.66. The van der Waals surface area contributed by atoms with E-state index in [4.69, 9.17) is 10.5 Å². The van der Waals surface area contributed by atoms with Crippen LogP contribution >= 0.6 is 0 Å². The van der Waals surface area contributed by atoms with Crippen molar-refractivity contribution in [2.75, 3.05) is 12.4 Å². The largest absolute Gasteiger partial charge is 0.497 e. The average Bonchev–Trinajstić information content (AvgIpc) is 2.60. The highest BCUT2D eigenvalue weighted by Crippen LogP contribution is 2.19. The number of hydrogen-bond acceptors (Lipinski definition) is 2. The summed E-state index contributed by atoms with van der Waals surface area (Å²) in [6.45, 7) is 0.538. The van der Waals surface area contributed by atoms with Gasteiger partial charge in [0.15, 0.2) is 5.96 Å². The molecule has 116 valence electrons. The molecule has 0 amide bonds. The molecule has 0 aliphatic rings. The van der Waals surface area contributed by atoms with Crippen molar-refractivity contribution in [2.24, 2.45) is 10.7 Å². The number of nitrogens with one attached hydrogen (secondary N) is 1. The number of guanidine groups is 1. The van der Waals surface area contributed by atoms with Gasteiger partial charge in [-0.1, -0.05) is 42.5 Å². The zero-order chi connectivity index (χ0) is 16.1.